The number of halogens is 4. The molecule has 0 saturated heterocycles. The molecule has 0 unspecified atom stereocenters. The van der Waals surface area contributed by atoms with E-state index in [0.29, 0.717) is 26.4 Å². The van der Waals surface area contributed by atoms with Crippen LogP contribution in [0.2, 0.25) is 5.02 Å². The summed E-state index contributed by atoms with van der Waals surface area (Å²) in [5.41, 5.74) is -0.129. The Kier molecular flexibility index (Phi) is 5.62. The van der Waals surface area contributed by atoms with Gasteiger partial charge in [-0.3, -0.25) is 4.98 Å². The van der Waals surface area contributed by atoms with Gasteiger partial charge >= 0.3 is 12.1 Å². The number of alkyl halides is 3. The monoisotopic (exact) mass is 459 g/mol. The van der Waals surface area contributed by atoms with E-state index in [1.165, 1.54) is 0 Å². The van der Waals surface area contributed by atoms with E-state index in [2.05, 4.69) is 20.2 Å². The summed E-state index contributed by atoms with van der Waals surface area (Å²) in [4.78, 5) is 25.3. The summed E-state index contributed by atoms with van der Waals surface area (Å²) in [6.07, 6.45) is -1.66. The summed E-state index contributed by atoms with van der Waals surface area (Å²) in [5, 5.41) is 7.89. The topological polar surface area (TPSA) is 81.7 Å². The van der Waals surface area contributed by atoms with Gasteiger partial charge in [0.15, 0.2) is 17.0 Å². The third-order valence-electron chi connectivity index (χ3n) is 4.43. The van der Waals surface area contributed by atoms with Crippen molar-refractivity contribution in [2.75, 3.05) is 0 Å². The SMILES string of the molecule is C/C(=N\OC(=O)c1cc2nc(-c3ccc(Cl)cc3)cc(C(F)(F)F)n2n1)c1ccncc1. The second kappa shape index (κ2) is 8.39. The fourth-order valence-electron chi connectivity index (χ4n) is 2.85. The van der Waals surface area contributed by atoms with Gasteiger partial charge in [-0.2, -0.15) is 18.3 Å². The zero-order valence-electron chi connectivity index (χ0n) is 16.3. The molecular weight excluding hydrogens is 447 g/mol. The lowest BCUT2D eigenvalue weighted by molar-refractivity contribution is -0.142. The highest BCUT2D eigenvalue weighted by Gasteiger charge is 2.35. The molecule has 11 heteroatoms. The molecule has 0 saturated carbocycles. The van der Waals surface area contributed by atoms with E-state index >= 15 is 0 Å². The first-order valence-corrected chi connectivity index (χ1v) is 9.50. The van der Waals surface area contributed by atoms with E-state index in [0.717, 1.165) is 12.1 Å². The number of fused-ring (bicyclic) bond motifs is 1. The van der Waals surface area contributed by atoms with Gasteiger partial charge in [0.2, 0.25) is 0 Å². The van der Waals surface area contributed by atoms with Crippen molar-refractivity contribution in [2.45, 2.75) is 13.1 Å². The lowest BCUT2D eigenvalue weighted by Gasteiger charge is -2.11. The number of hydrogen-bond donors (Lipinski definition) is 0. The number of carbonyl (C=O) groups is 1. The first-order chi connectivity index (χ1) is 15.2. The molecule has 0 bridgehead atoms. The molecule has 0 amide bonds. The molecule has 0 radical (unpaired) electrons. The highest BCUT2D eigenvalue weighted by molar-refractivity contribution is 6.30. The first-order valence-electron chi connectivity index (χ1n) is 9.12. The molecule has 7 nitrogen and oxygen atoms in total. The van der Waals surface area contributed by atoms with Crippen LogP contribution in [0.25, 0.3) is 16.9 Å². The molecule has 0 fully saturated rings. The lowest BCUT2D eigenvalue weighted by atomic mass is 10.1. The Morgan fingerprint density at radius 2 is 1.78 bits per heavy atom. The van der Waals surface area contributed by atoms with E-state index in [9.17, 15) is 18.0 Å². The molecule has 162 valence electrons. The predicted octanol–water partition coefficient (Wildman–Crippen LogP) is 5.04. The highest BCUT2D eigenvalue weighted by atomic mass is 35.5. The fourth-order valence-corrected chi connectivity index (χ4v) is 2.97. The maximum atomic E-state index is 13.7. The van der Waals surface area contributed by atoms with Crippen molar-refractivity contribution in [2.24, 2.45) is 5.16 Å². The number of carbonyl (C=O) groups excluding carboxylic acids is 1. The number of oxime groups is 1. The minimum Gasteiger partial charge on any atom is -0.311 e. The second-order valence-electron chi connectivity index (χ2n) is 6.62. The van der Waals surface area contributed by atoms with E-state index < -0.39 is 17.8 Å². The second-order valence-corrected chi connectivity index (χ2v) is 7.06. The molecule has 0 aliphatic rings. The third-order valence-corrected chi connectivity index (χ3v) is 4.68. The third kappa shape index (κ3) is 4.45. The largest absolute Gasteiger partial charge is 0.433 e. The summed E-state index contributed by atoms with van der Waals surface area (Å²) in [7, 11) is 0. The molecule has 0 atom stereocenters. The number of rotatable bonds is 4. The summed E-state index contributed by atoms with van der Waals surface area (Å²) >= 11 is 5.85. The number of aromatic nitrogens is 4. The molecule has 0 N–H and O–H groups in total. The number of nitrogens with zero attached hydrogens (tertiary/aromatic N) is 5. The van der Waals surface area contributed by atoms with Crippen molar-refractivity contribution in [3.05, 3.63) is 82.9 Å². The van der Waals surface area contributed by atoms with Gasteiger partial charge in [0, 0.05) is 34.6 Å². The van der Waals surface area contributed by atoms with Crippen LogP contribution < -0.4 is 0 Å². The van der Waals surface area contributed by atoms with E-state index in [4.69, 9.17) is 16.4 Å². The minimum absolute atomic E-state index is 0.0489. The standard InChI is InChI=1S/C21H13ClF3N5O2/c1-12(13-6-8-26-9-7-13)29-32-20(31)17-11-19-27-16(14-2-4-15(22)5-3-14)10-18(21(23,24)25)30(19)28-17/h2-11H,1H3/b29-12+. The van der Waals surface area contributed by atoms with Gasteiger partial charge in [0.05, 0.1) is 11.4 Å². The number of hydrogen-bond acceptors (Lipinski definition) is 6. The predicted molar refractivity (Wildman–Crippen MR) is 110 cm³/mol. The molecule has 0 aliphatic heterocycles. The molecule has 1 aromatic carbocycles. The van der Waals surface area contributed by atoms with Crippen LogP contribution in [-0.4, -0.2) is 31.3 Å². The molecule has 3 aromatic heterocycles. The minimum atomic E-state index is -4.74. The maximum Gasteiger partial charge on any atom is 0.433 e. The zero-order valence-corrected chi connectivity index (χ0v) is 17.1. The first kappa shape index (κ1) is 21.4. The van der Waals surface area contributed by atoms with E-state index in [1.54, 1.807) is 55.7 Å². The average molecular weight is 460 g/mol. The summed E-state index contributed by atoms with van der Waals surface area (Å²) in [6.45, 7) is 1.61. The van der Waals surface area contributed by atoms with Crippen LogP contribution in [0.5, 0.6) is 0 Å². The Balaban J connectivity index is 1.71. The highest BCUT2D eigenvalue weighted by Crippen LogP contribution is 2.32. The molecule has 3 heterocycles. The molecule has 0 spiro atoms. The number of benzene rings is 1. The molecular formula is C21H13ClF3N5O2. The van der Waals surface area contributed by atoms with Gasteiger partial charge < -0.3 is 4.84 Å². The van der Waals surface area contributed by atoms with Crippen molar-refractivity contribution in [3.8, 4) is 11.3 Å². The van der Waals surface area contributed by atoms with Gasteiger partial charge in [0.25, 0.3) is 0 Å². The van der Waals surface area contributed by atoms with E-state index in [-0.39, 0.29) is 17.0 Å². The van der Waals surface area contributed by atoms with Crippen LogP contribution in [0.1, 0.15) is 28.7 Å². The van der Waals surface area contributed by atoms with Crippen LogP contribution in [0, 0.1) is 0 Å². The van der Waals surface area contributed by atoms with Crippen molar-refractivity contribution in [1.82, 2.24) is 19.6 Å². The molecule has 4 aromatic rings. The Morgan fingerprint density at radius 1 is 1.09 bits per heavy atom. The smallest absolute Gasteiger partial charge is 0.311 e. The van der Waals surface area contributed by atoms with Crippen molar-refractivity contribution in [1.29, 1.82) is 0 Å². The van der Waals surface area contributed by atoms with Gasteiger partial charge in [-0.05, 0) is 37.3 Å². The van der Waals surface area contributed by atoms with Crippen LogP contribution in [0.3, 0.4) is 0 Å². The van der Waals surface area contributed by atoms with Gasteiger partial charge in [-0.1, -0.05) is 28.9 Å². The van der Waals surface area contributed by atoms with Crippen LogP contribution in [0.15, 0.2) is 66.1 Å². The van der Waals surface area contributed by atoms with Crippen molar-refractivity contribution in [3.63, 3.8) is 0 Å². The van der Waals surface area contributed by atoms with Gasteiger partial charge in [0.1, 0.15) is 0 Å². The summed E-state index contributed by atoms with van der Waals surface area (Å²) in [5.74, 6) is -1.02. The molecule has 0 aliphatic carbocycles. The van der Waals surface area contributed by atoms with Crippen molar-refractivity contribution >= 4 is 28.9 Å². The number of pyridine rings is 1. The molecule has 32 heavy (non-hydrogen) atoms. The van der Waals surface area contributed by atoms with Crippen molar-refractivity contribution < 1.29 is 22.8 Å². The Morgan fingerprint density at radius 3 is 2.44 bits per heavy atom. The van der Waals surface area contributed by atoms with Crippen LogP contribution in [-0.2, 0) is 11.0 Å². The lowest BCUT2D eigenvalue weighted by Crippen LogP contribution is -2.14. The summed E-state index contributed by atoms with van der Waals surface area (Å²) < 4.78 is 41.6. The quantitative estimate of drug-likeness (QED) is 0.242. The van der Waals surface area contributed by atoms with Crippen LogP contribution >= 0.6 is 11.6 Å². The Labute approximate surface area is 184 Å². The van der Waals surface area contributed by atoms with Crippen LogP contribution in [0.4, 0.5) is 13.2 Å². The zero-order chi connectivity index (χ0) is 22.9. The maximum absolute atomic E-state index is 13.7. The Hall–Kier alpha value is -3.79. The summed E-state index contributed by atoms with van der Waals surface area (Å²) in [6, 6.07) is 11.5. The van der Waals surface area contributed by atoms with Gasteiger partial charge in [-0.15, -0.1) is 0 Å². The fraction of sp³-hybridized carbons (Fsp3) is 0.0952. The Bertz CT molecular complexity index is 1320. The normalized spacial score (nSPS) is 12.2. The van der Waals surface area contributed by atoms with Gasteiger partial charge in [-0.25, -0.2) is 14.3 Å². The molecule has 4 rings (SSSR count). The van der Waals surface area contributed by atoms with E-state index in [1.807, 2.05) is 0 Å². The average Bonchev–Trinajstić information content (AvgIpc) is 3.21.